The van der Waals surface area contributed by atoms with Crippen LogP contribution in [0.15, 0.2) is 9.64 Å². The Bertz CT molecular complexity index is 307. The van der Waals surface area contributed by atoms with Gasteiger partial charge in [-0.05, 0) is 20.8 Å². The molecule has 0 aliphatic heterocycles. The monoisotopic (exact) mass is 196 g/mol. The summed E-state index contributed by atoms with van der Waals surface area (Å²) in [7, 11) is 0. The van der Waals surface area contributed by atoms with E-state index in [1.807, 2.05) is 20.8 Å². The summed E-state index contributed by atoms with van der Waals surface area (Å²) in [6, 6.07) is 2.17. The molecule has 3 nitrogen and oxygen atoms in total. The molecular formula is C9H12N2OS. The zero-order valence-corrected chi connectivity index (χ0v) is 8.81. The topological polar surface area (TPSA) is 49.8 Å². The van der Waals surface area contributed by atoms with Crippen molar-refractivity contribution in [1.82, 2.24) is 4.98 Å². The molecule has 1 heterocycles. The first kappa shape index (κ1) is 10.1. The first-order valence-electron chi connectivity index (χ1n) is 4.10. The molecule has 13 heavy (non-hydrogen) atoms. The van der Waals surface area contributed by atoms with Gasteiger partial charge >= 0.3 is 0 Å². The maximum Gasteiger partial charge on any atom is 0.256 e. The number of aromatic nitrogens is 1. The van der Waals surface area contributed by atoms with Crippen molar-refractivity contribution in [3.05, 3.63) is 11.5 Å². The number of rotatable bonds is 3. The van der Waals surface area contributed by atoms with Gasteiger partial charge in [-0.2, -0.15) is 5.26 Å². The fourth-order valence-electron chi connectivity index (χ4n) is 0.739. The van der Waals surface area contributed by atoms with Gasteiger partial charge in [0.05, 0.1) is 17.7 Å². The Labute approximate surface area is 82.2 Å². The smallest absolute Gasteiger partial charge is 0.256 e. The number of hydrogen-bond donors (Lipinski definition) is 0. The van der Waals surface area contributed by atoms with Crippen molar-refractivity contribution < 1.29 is 4.42 Å². The van der Waals surface area contributed by atoms with Gasteiger partial charge in [0.15, 0.2) is 0 Å². The minimum atomic E-state index is 0.0394. The maximum atomic E-state index is 8.56. The minimum absolute atomic E-state index is 0.0394. The second-order valence-electron chi connectivity index (χ2n) is 2.96. The molecule has 0 bridgehead atoms. The highest BCUT2D eigenvalue weighted by atomic mass is 32.2. The normalized spacial score (nSPS) is 12.5. The maximum absolute atomic E-state index is 8.56. The average molecular weight is 196 g/mol. The molecule has 0 amide bonds. The highest BCUT2D eigenvalue weighted by Crippen LogP contribution is 2.21. The highest BCUT2D eigenvalue weighted by molar-refractivity contribution is 7.99. The van der Waals surface area contributed by atoms with Crippen LogP contribution in [0.2, 0.25) is 0 Å². The van der Waals surface area contributed by atoms with Crippen LogP contribution < -0.4 is 0 Å². The van der Waals surface area contributed by atoms with E-state index in [0.717, 1.165) is 17.2 Å². The molecule has 0 fully saturated rings. The molecule has 0 radical (unpaired) electrons. The molecule has 0 aliphatic carbocycles. The summed E-state index contributed by atoms with van der Waals surface area (Å²) >= 11 is 1.49. The lowest BCUT2D eigenvalue weighted by atomic mass is 10.3. The number of nitrogens with zero attached hydrogens (tertiary/aromatic N) is 2. The third kappa shape index (κ3) is 2.78. The van der Waals surface area contributed by atoms with E-state index in [2.05, 4.69) is 11.1 Å². The van der Waals surface area contributed by atoms with Crippen LogP contribution in [0.25, 0.3) is 0 Å². The molecule has 0 saturated carbocycles. The third-order valence-electron chi connectivity index (χ3n) is 1.69. The average Bonchev–Trinajstić information content (AvgIpc) is 2.42. The van der Waals surface area contributed by atoms with E-state index < -0.39 is 0 Å². The van der Waals surface area contributed by atoms with Gasteiger partial charge in [0, 0.05) is 5.75 Å². The number of oxazole rings is 1. The summed E-state index contributed by atoms with van der Waals surface area (Å²) in [5.41, 5.74) is 0.923. The van der Waals surface area contributed by atoms with Crippen molar-refractivity contribution in [3.8, 4) is 6.07 Å². The van der Waals surface area contributed by atoms with Crippen molar-refractivity contribution in [2.75, 3.05) is 5.75 Å². The summed E-state index contributed by atoms with van der Waals surface area (Å²) in [6.07, 6.45) is 0. The van der Waals surface area contributed by atoms with Crippen LogP contribution in [0.5, 0.6) is 0 Å². The van der Waals surface area contributed by atoms with E-state index >= 15 is 0 Å². The van der Waals surface area contributed by atoms with Gasteiger partial charge in [-0.15, -0.1) is 0 Å². The molecule has 0 aliphatic rings. The fourth-order valence-corrected chi connectivity index (χ4v) is 1.59. The summed E-state index contributed by atoms with van der Waals surface area (Å²) in [5.74, 6) is 1.63. The van der Waals surface area contributed by atoms with Gasteiger partial charge in [-0.1, -0.05) is 11.8 Å². The van der Waals surface area contributed by atoms with Gasteiger partial charge in [0.25, 0.3) is 5.22 Å². The lowest BCUT2D eigenvalue weighted by molar-refractivity contribution is 0.431. The first-order chi connectivity index (χ1) is 6.13. The van der Waals surface area contributed by atoms with E-state index in [1.165, 1.54) is 11.8 Å². The third-order valence-corrected chi connectivity index (χ3v) is 2.77. The zero-order chi connectivity index (χ0) is 9.84. The van der Waals surface area contributed by atoms with Crippen molar-refractivity contribution in [1.29, 1.82) is 5.26 Å². The Balaban J connectivity index is 2.51. The molecule has 0 saturated heterocycles. The van der Waals surface area contributed by atoms with E-state index in [1.54, 1.807) is 0 Å². The number of thioether (sulfide) groups is 1. The van der Waals surface area contributed by atoms with Crippen LogP contribution in [0, 0.1) is 31.1 Å². The summed E-state index contributed by atoms with van der Waals surface area (Å²) < 4.78 is 5.35. The van der Waals surface area contributed by atoms with Crippen molar-refractivity contribution in [2.45, 2.75) is 26.0 Å². The standard InChI is InChI=1S/C9H12N2OS/c1-6(4-10)5-13-9-11-7(2)8(3)12-9/h6H,5H2,1-3H3. The van der Waals surface area contributed by atoms with E-state index in [4.69, 9.17) is 9.68 Å². The van der Waals surface area contributed by atoms with Crippen molar-refractivity contribution in [3.63, 3.8) is 0 Å². The zero-order valence-electron chi connectivity index (χ0n) is 8.00. The summed E-state index contributed by atoms with van der Waals surface area (Å²) in [4.78, 5) is 4.20. The lowest BCUT2D eigenvalue weighted by Crippen LogP contribution is -1.92. The quantitative estimate of drug-likeness (QED) is 0.697. The van der Waals surface area contributed by atoms with Crippen LogP contribution in [0.3, 0.4) is 0 Å². The van der Waals surface area contributed by atoms with Crippen LogP contribution >= 0.6 is 11.8 Å². The van der Waals surface area contributed by atoms with E-state index in [0.29, 0.717) is 5.22 Å². The Kier molecular flexibility index (Phi) is 3.38. The largest absolute Gasteiger partial charge is 0.437 e. The summed E-state index contributed by atoms with van der Waals surface area (Å²) in [6.45, 7) is 5.69. The minimum Gasteiger partial charge on any atom is -0.437 e. The number of nitriles is 1. The molecule has 0 N–H and O–H groups in total. The molecule has 70 valence electrons. The molecule has 1 unspecified atom stereocenters. The predicted molar refractivity (Wildman–Crippen MR) is 51.5 cm³/mol. The Morgan fingerprint density at radius 2 is 2.31 bits per heavy atom. The number of aryl methyl sites for hydroxylation is 2. The van der Waals surface area contributed by atoms with E-state index in [9.17, 15) is 0 Å². The molecule has 4 heteroatoms. The Morgan fingerprint density at radius 3 is 2.77 bits per heavy atom. The van der Waals surface area contributed by atoms with Crippen molar-refractivity contribution >= 4 is 11.8 Å². The molecule has 1 aromatic rings. The van der Waals surface area contributed by atoms with E-state index in [-0.39, 0.29) is 5.92 Å². The van der Waals surface area contributed by atoms with Gasteiger partial charge in [0.1, 0.15) is 5.76 Å². The van der Waals surface area contributed by atoms with Crippen LogP contribution in [0.1, 0.15) is 18.4 Å². The van der Waals surface area contributed by atoms with Crippen LogP contribution in [0.4, 0.5) is 0 Å². The molecule has 0 aromatic carbocycles. The SMILES string of the molecule is Cc1nc(SCC(C)C#N)oc1C. The lowest BCUT2D eigenvalue weighted by Gasteiger charge is -1.96. The Hall–Kier alpha value is -0.950. The van der Waals surface area contributed by atoms with Gasteiger partial charge in [-0.25, -0.2) is 4.98 Å². The van der Waals surface area contributed by atoms with Crippen molar-refractivity contribution in [2.24, 2.45) is 5.92 Å². The highest BCUT2D eigenvalue weighted by Gasteiger charge is 2.07. The first-order valence-corrected chi connectivity index (χ1v) is 5.08. The second-order valence-corrected chi connectivity index (χ2v) is 3.93. The predicted octanol–water partition coefficient (Wildman–Crippen LogP) is 2.54. The molecule has 1 atom stereocenters. The number of hydrogen-bond acceptors (Lipinski definition) is 4. The van der Waals surface area contributed by atoms with Crippen LogP contribution in [-0.4, -0.2) is 10.7 Å². The molecular weight excluding hydrogens is 184 g/mol. The van der Waals surface area contributed by atoms with Gasteiger partial charge in [-0.3, -0.25) is 0 Å². The van der Waals surface area contributed by atoms with Crippen LogP contribution in [-0.2, 0) is 0 Å². The molecule has 0 spiro atoms. The molecule has 1 rings (SSSR count). The fraction of sp³-hybridized carbons (Fsp3) is 0.556. The van der Waals surface area contributed by atoms with Gasteiger partial charge in [0.2, 0.25) is 0 Å². The Morgan fingerprint density at radius 1 is 1.62 bits per heavy atom. The molecule has 1 aromatic heterocycles. The summed E-state index contributed by atoms with van der Waals surface area (Å²) in [5, 5.41) is 9.22. The second kappa shape index (κ2) is 4.33. The van der Waals surface area contributed by atoms with Gasteiger partial charge < -0.3 is 4.42 Å².